The van der Waals surface area contributed by atoms with Gasteiger partial charge in [0.1, 0.15) is 5.75 Å². The largest absolute Gasteiger partial charge is 0.497 e. The Balaban J connectivity index is 1.73. The third-order valence-corrected chi connectivity index (χ3v) is 5.45. The van der Waals surface area contributed by atoms with E-state index in [-0.39, 0.29) is 12.2 Å². The first kappa shape index (κ1) is 18.2. The van der Waals surface area contributed by atoms with Gasteiger partial charge in [-0.3, -0.25) is 4.79 Å². The molecule has 6 nitrogen and oxygen atoms in total. The van der Waals surface area contributed by atoms with Crippen molar-refractivity contribution in [3.8, 4) is 5.75 Å². The van der Waals surface area contributed by atoms with Crippen LogP contribution in [0.15, 0.2) is 66.1 Å². The molecule has 26 heavy (non-hydrogen) atoms. The van der Waals surface area contributed by atoms with E-state index in [1.807, 2.05) is 30.3 Å². The van der Waals surface area contributed by atoms with Crippen LogP contribution in [0.5, 0.6) is 5.75 Å². The highest BCUT2D eigenvalue weighted by Crippen LogP contribution is 2.24. The summed E-state index contributed by atoms with van der Waals surface area (Å²) in [4.78, 5) is 12.8. The van der Waals surface area contributed by atoms with Crippen LogP contribution in [0, 0.1) is 0 Å². The number of carbonyl (C=O) groups is 1. The number of rotatable bonds is 6. The standard InChI is InChI=1S/C19H19NO5S/c1-24-18-9-5-8-16(12-18)19(21)20-17(10-11-26(20,22)23)14-25-13-15-6-3-2-4-7-15/h2-12,17H,13-14H2,1H3/t17-/m0/s1. The van der Waals surface area contributed by atoms with Gasteiger partial charge in [-0.25, -0.2) is 12.7 Å². The summed E-state index contributed by atoms with van der Waals surface area (Å²) in [7, 11) is -2.33. The van der Waals surface area contributed by atoms with Crippen LogP contribution in [-0.4, -0.2) is 38.4 Å². The van der Waals surface area contributed by atoms with E-state index in [9.17, 15) is 13.2 Å². The van der Waals surface area contributed by atoms with E-state index in [0.29, 0.717) is 12.4 Å². The van der Waals surface area contributed by atoms with Crippen molar-refractivity contribution in [1.82, 2.24) is 4.31 Å². The molecule has 2 aromatic rings. The van der Waals surface area contributed by atoms with Gasteiger partial charge >= 0.3 is 0 Å². The highest BCUT2D eigenvalue weighted by molar-refractivity contribution is 7.92. The van der Waals surface area contributed by atoms with E-state index < -0.39 is 22.0 Å². The Morgan fingerprint density at radius 3 is 2.62 bits per heavy atom. The Morgan fingerprint density at radius 2 is 1.88 bits per heavy atom. The first-order valence-corrected chi connectivity index (χ1v) is 9.54. The van der Waals surface area contributed by atoms with Crippen molar-refractivity contribution in [2.75, 3.05) is 13.7 Å². The molecule has 1 atom stereocenters. The van der Waals surface area contributed by atoms with Crippen LogP contribution in [0.2, 0.25) is 0 Å². The monoisotopic (exact) mass is 373 g/mol. The third kappa shape index (κ3) is 3.95. The van der Waals surface area contributed by atoms with E-state index in [1.165, 1.54) is 19.3 Å². The van der Waals surface area contributed by atoms with Crippen LogP contribution in [0.25, 0.3) is 0 Å². The molecule has 1 heterocycles. The smallest absolute Gasteiger partial charge is 0.268 e. The van der Waals surface area contributed by atoms with Crippen LogP contribution >= 0.6 is 0 Å². The third-order valence-electron chi connectivity index (χ3n) is 3.97. The summed E-state index contributed by atoms with van der Waals surface area (Å²) in [6.45, 7) is 0.423. The minimum Gasteiger partial charge on any atom is -0.497 e. The van der Waals surface area contributed by atoms with Crippen molar-refractivity contribution >= 4 is 15.9 Å². The second-order valence-electron chi connectivity index (χ2n) is 5.77. The molecule has 136 valence electrons. The topological polar surface area (TPSA) is 72.9 Å². The summed E-state index contributed by atoms with van der Waals surface area (Å²) in [6, 6.07) is 15.3. The molecule has 2 aromatic carbocycles. The lowest BCUT2D eigenvalue weighted by Gasteiger charge is -2.23. The summed E-state index contributed by atoms with van der Waals surface area (Å²) in [5, 5.41) is 1.04. The average molecular weight is 373 g/mol. The molecule has 0 saturated carbocycles. The van der Waals surface area contributed by atoms with Gasteiger partial charge in [-0.05, 0) is 29.8 Å². The van der Waals surface area contributed by atoms with Gasteiger partial charge in [0.2, 0.25) is 0 Å². The zero-order chi connectivity index (χ0) is 18.6. The van der Waals surface area contributed by atoms with Gasteiger partial charge in [0.05, 0.1) is 26.4 Å². The molecule has 0 aliphatic carbocycles. The van der Waals surface area contributed by atoms with Crippen LogP contribution in [0.3, 0.4) is 0 Å². The highest BCUT2D eigenvalue weighted by Gasteiger charge is 2.37. The maximum absolute atomic E-state index is 12.8. The lowest BCUT2D eigenvalue weighted by Crippen LogP contribution is -2.41. The average Bonchev–Trinajstić information content (AvgIpc) is 2.96. The number of methoxy groups -OCH3 is 1. The van der Waals surface area contributed by atoms with Gasteiger partial charge in [-0.2, -0.15) is 0 Å². The van der Waals surface area contributed by atoms with Gasteiger partial charge < -0.3 is 9.47 Å². The molecule has 0 radical (unpaired) electrons. The second kappa shape index (κ2) is 7.72. The fourth-order valence-electron chi connectivity index (χ4n) is 2.67. The Kier molecular flexibility index (Phi) is 5.39. The van der Waals surface area contributed by atoms with E-state index in [0.717, 1.165) is 15.3 Å². The molecule has 0 unspecified atom stereocenters. The number of benzene rings is 2. The Morgan fingerprint density at radius 1 is 1.12 bits per heavy atom. The van der Waals surface area contributed by atoms with Crippen molar-refractivity contribution < 1.29 is 22.7 Å². The number of ether oxygens (including phenoxy) is 2. The predicted molar refractivity (Wildman–Crippen MR) is 97.1 cm³/mol. The molecule has 7 heteroatoms. The number of nitrogens with zero attached hydrogens (tertiary/aromatic N) is 1. The van der Waals surface area contributed by atoms with E-state index in [4.69, 9.17) is 9.47 Å². The van der Waals surface area contributed by atoms with Gasteiger partial charge in [0.25, 0.3) is 15.9 Å². The van der Waals surface area contributed by atoms with Crippen molar-refractivity contribution in [2.45, 2.75) is 12.6 Å². The van der Waals surface area contributed by atoms with Gasteiger partial charge in [0, 0.05) is 11.0 Å². The molecule has 3 rings (SSSR count). The Hall–Kier alpha value is -2.64. The van der Waals surface area contributed by atoms with Gasteiger partial charge in [-0.15, -0.1) is 0 Å². The lowest BCUT2D eigenvalue weighted by molar-refractivity contribution is 0.0684. The van der Waals surface area contributed by atoms with Crippen molar-refractivity contribution in [1.29, 1.82) is 0 Å². The molecular weight excluding hydrogens is 354 g/mol. The van der Waals surface area contributed by atoms with E-state index >= 15 is 0 Å². The predicted octanol–water partition coefficient (Wildman–Crippen LogP) is 2.58. The Labute approximate surface area is 152 Å². The molecule has 0 saturated heterocycles. The molecule has 0 spiro atoms. The number of carbonyl (C=O) groups excluding carboxylic acids is 1. The quantitative estimate of drug-likeness (QED) is 0.778. The van der Waals surface area contributed by atoms with Crippen LogP contribution < -0.4 is 4.74 Å². The molecule has 0 fully saturated rings. The number of amides is 1. The summed E-state index contributed by atoms with van der Waals surface area (Å²) in [5.74, 6) is -0.125. The highest BCUT2D eigenvalue weighted by atomic mass is 32.2. The summed E-state index contributed by atoms with van der Waals surface area (Å²) < 4.78 is 36.2. The van der Waals surface area contributed by atoms with Gasteiger partial charge in [0.15, 0.2) is 0 Å². The lowest BCUT2D eigenvalue weighted by atomic mass is 10.2. The Bertz CT molecular complexity index is 909. The zero-order valence-electron chi connectivity index (χ0n) is 14.2. The molecule has 1 amide bonds. The normalized spacial score (nSPS) is 18.0. The maximum atomic E-state index is 12.8. The molecular formula is C19H19NO5S. The molecule has 0 bridgehead atoms. The van der Waals surface area contributed by atoms with Crippen LogP contribution in [0.4, 0.5) is 0 Å². The molecule has 0 aromatic heterocycles. The molecule has 1 aliphatic rings. The minimum atomic E-state index is -3.82. The fraction of sp³-hybridized carbons (Fsp3) is 0.211. The van der Waals surface area contributed by atoms with Crippen LogP contribution in [-0.2, 0) is 21.4 Å². The van der Waals surface area contributed by atoms with E-state index in [2.05, 4.69) is 0 Å². The van der Waals surface area contributed by atoms with Gasteiger partial charge in [-0.1, -0.05) is 36.4 Å². The number of hydrogen-bond donors (Lipinski definition) is 0. The van der Waals surface area contributed by atoms with E-state index in [1.54, 1.807) is 18.2 Å². The van der Waals surface area contributed by atoms with Crippen LogP contribution in [0.1, 0.15) is 15.9 Å². The number of sulfonamides is 1. The summed E-state index contributed by atoms with van der Waals surface area (Å²) in [5.41, 5.74) is 1.22. The molecule has 1 aliphatic heterocycles. The number of hydrogen-bond acceptors (Lipinski definition) is 5. The summed E-state index contributed by atoms with van der Waals surface area (Å²) >= 11 is 0. The molecule has 0 N–H and O–H groups in total. The SMILES string of the molecule is COc1cccc(C(=O)N2[C@H](COCc3ccccc3)C=CS2(=O)=O)c1. The van der Waals surface area contributed by atoms with Crippen molar-refractivity contribution in [2.24, 2.45) is 0 Å². The zero-order valence-corrected chi connectivity index (χ0v) is 15.1. The fourth-order valence-corrected chi connectivity index (χ4v) is 4.02. The maximum Gasteiger partial charge on any atom is 0.268 e. The first-order chi connectivity index (χ1) is 12.5. The minimum absolute atomic E-state index is 0.0837. The summed E-state index contributed by atoms with van der Waals surface area (Å²) in [6.07, 6.45) is 1.47. The first-order valence-electron chi connectivity index (χ1n) is 8.04. The van der Waals surface area contributed by atoms with Crippen molar-refractivity contribution in [3.63, 3.8) is 0 Å². The second-order valence-corrected chi connectivity index (χ2v) is 7.47. The van der Waals surface area contributed by atoms with Crippen molar-refractivity contribution in [3.05, 3.63) is 77.2 Å².